The molecule has 1 aromatic heterocycles. The van der Waals surface area contributed by atoms with Gasteiger partial charge in [-0.3, -0.25) is 14.3 Å². The summed E-state index contributed by atoms with van der Waals surface area (Å²) in [4.78, 5) is 25.4. The van der Waals surface area contributed by atoms with Gasteiger partial charge in [-0.1, -0.05) is 28.6 Å². The molecule has 0 radical (unpaired) electrons. The van der Waals surface area contributed by atoms with E-state index in [2.05, 4.69) is 27.5 Å². The van der Waals surface area contributed by atoms with E-state index in [1.165, 1.54) is 10.8 Å². The van der Waals surface area contributed by atoms with Crippen molar-refractivity contribution in [2.45, 2.75) is 12.3 Å². The molecule has 7 heteroatoms. The lowest BCUT2D eigenvalue weighted by molar-refractivity contribution is -0.0103. The first-order valence-corrected chi connectivity index (χ1v) is 5.97. The molecule has 0 unspecified atom stereocenters. The summed E-state index contributed by atoms with van der Waals surface area (Å²) in [5.41, 5.74) is -0.844. The molecule has 18 heavy (non-hydrogen) atoms. The van der Waals surface area contributed by atoms with Crippen LogP contribution in [0, 0.1) is 0 Å². The molecule has 96 valence electrons. The SMILES string of the molecule is C=C(Br)c1cn([C@H]2C=C[C@@H](CO)O2)c(=O)[nH]c1=O. The maximum absolute atomic E-state index is 11.7. The summed E-state index contributed by atoms with van der Waals surface area (Å²) >= 11 is 3.10. The molecule has 2 rings (SSSR count). The van der Waals surface area contributed by atoms with Crippen molar-refractivity contribution in [2.75, 3.05) is 6.61 Å². The average Bonchev–Trinajstić information content (AvgIpc) is 2.77. The lowest BCUT2D eigenvalue weighted by Crippen LogP contribution is -2.34. The number of ether oxygens (including phenoxy) is 1. The molecule has 2 atom stereocenters. The molecule has 0 aliphatic carbocycles. The Bertz CT molecular complexity index is 616. The predicted octanol–water partition coefficient (Wildman–Crippen LogP) is 0.348. The molecule has 0 fully saturated rings. The number of nitrogens with one attached hydrogen (secondary N) is 1. The van der Waals surface area contributed by atoms with Crippen LogP contribution in [0.15, 0.2) is 34.5 Å². The second-order valence-corrected chi connectivity index (χ2v) is 4.70. The van der Waals surface area contributed by atoms with Crippen molar-refractivity contribution >= 4 is 20.4 Å². The van der Waals surface area contributed by atoms with Gasteiger partial charge in [0.1, 0.15) is 6.10 Å². The van der Waals surface area contributed by atoms with E-state index >= 15 is 0 Å². The van der Waals surface area contributed by atoms with Crippen LogP contribution in [-0.4, -0.2) is 27.4 Å². The Morgan fingerprint density at radius 1 is 1.56 bits per heavy atom. The summed E-state index contributed by atoms with van der Waals surface area (Å²) < 4.78 is 6.99. The van der Waals surface area contributed by atoms with Crippen LogP contribution >= 0.6 is 15.9 Å². The molecule has 1 aliphatic rings. The standard InChI is InChI=1S/C11H11BrN2O4/c1-6(12)8-4-14(11(17)13-10(8)16)9-3-2-7(5-15)18-9/h2-4,7,9,15H,1,5H2,(H,13,16,17)/t7-,9+/m0/s1. The monoisotopic (exact) mass is 314 g/mol. The zero-order chi connectivity index (χ0) is 13.3. The van der Waals surface area contributed by atoms with Gasteiger partial charge in [-0.25, -0.2) is 4.79 Å². The number of halogens is 1. The van der Waals surface area contributed by atoms with E-state index in [1.54, 1.807) is 12.2 Å². The van der Waals surface area contributed by atoms with Crippen molar-refractivity contribution < 1.29 is 9.84 Å². The molecule has 1 aliphatic heterocycles. The number of aliphatic hydroxyl groups excluding tert-OH is 1. The van der Waals surface area contributed by atoms with Crippen molar-refractivity contribution in [1.29, 1.82) is 0 Å². The topological polar surface area (TPSA) is 84.3 Å². The van der Waals surface area contributed by atoms with Crippen molar-refractivity contribution in [3.63, 3.8) is 0 Å². The third-order valence-electron chi connectivity index (χ3n) is 2.52. The van der Waals surface area contributed by atoms with Gasteiger partial charge in [0.25, 0.3) is 5.56 Å². The average molecular weight is 315 g/mol. The van der Waals surface area contributed by atoms with Crippen LogP contribution in [0.1, 0.15) is 11.8 Å². The number of aliphatic hydroxyl groups is 1. The van der Waals surface area contributed by atoms with E-state index in [1.807, 2.05) is 0 Å². The summed E-state index contributed by atoms with van der Waals surface area (Å²) in [6.07, 6.45) is 3.58. The molecular formula is C11H11BrN2O4. The number of hydrogen-bond acceptors (Lipinski definition) is 4. The summed E-state index contributed by atoms with van der Waals surface area (Å²) in [5.74, 6) is 0. The molecular weight excluding hydrogens is 304 g/mol. The molecule has 2 heterocycles. The van der Waals surface area contributed by atoms with E-state index in [0.29, 0.717) is 4.48 Å². The highest BCUT2D eigenvalue weighted by Crippen LogP contribution is 2.20. The summed E-state index contributed by atoms with van der Waals surface area (Å²) in [5, 5.41) is 8.94. The van der Waals surface area contributed by atoms with Crippen LogP contribution < -0.4 is 11.2 Å². The Kier molecular flexibility index (Phi) is 3.65. The third kappa shape index (κ3) is 2.38. The van der Waals surface area contributed by atoms with E-state index in [-0.39, 0.29) is 12.2 Å². The predicted molar refractivity (Wildman–Crippen MR) is 69.4 cm³/mol. The van der Waals surface area contributed by atoms with Crippen molar-refractivity contribution in [2.24, 2.45) is 0 Å². The van der Waals surface area contributed by atoms with Crippen molar-refractivity contribution in [3.05, 3.63) is 51.3 Å². The van der Waals surface area contributed by atoms with Gasteiger partial charge in [0.15, 0.2) is 6.23 Å². The Hall–Kier alpha value is -1.44. The molecule has 0 aromatic carbocycles. The molecule has 2 N–H and O–H groups in total. The lowest BCUT2D eigenvalue weighted by atomic mass is 10.3. The van der Waals surface area contributed by atoms with E-state index in [9.17, 15) is 9.59 Å². The van der Waals surface area contributed by atoms with Gasteiger partial charge >= 0.3 is 5.69 Å². The number of hydrogen-bond donors (Lipinski definition) is 2. The largest absolute Gasteiger partial charge is 0.393 e. The summed E-state index contributed by atoms with van der Waals surface area (Å²) in [6.45, 7) is 3.43. The fourth-order valence-electron chi connectivity index (χ4n) is 1.62. The first kappa shape index (κ1) is 13.0. The smallest absolute Gasteiger partial charge is 0.330 e. The summed E-state index contributed by atoms with van der Waals surface area (Å²) in [6, 6.07) is 0. The second-order valence-electron chi connectivity index (χ2n) is 3.75. The minimum Gasteiger partial charge on any atom is -0.393 e. The van der Waals surface area contributed by atoms with Gasteiger partial charge in [0, 0.05) is 10.7 Å². The Balaban J connectivity index is 2.44. The number of nitrogens with zero attached hydrogens (tertiary/aromatic N) is 1. The first-order valence-electron chi connectivity index (χ1n) is 5.18. The normalized spacial score (nSPS) is 22.3. The minimum absolute atomic E-state index is 0.164. The molecule has 0 saturated heterocycles. The quantitative estimate of drug-likeness (QED) is 0.788. The lowest BCUT2D eigenvalue weighted by Gasteiger charge is -2.15. The van der Waals surface area contributed by atoms with Gasteiger partial charge in [-0.15, -0.1) is 0 Å². The zero-order valence-corrected chi connectivity index (χ0v) is 10.9. The highest BCUT2D eigenvalue weighted by molar-refractivity contribution is 9.15. The van der Waals surface area contributed by atoms with Crippen LogP contribution in [0.2, 0.25) is 0 Å². The van der Waals surface area contributed by atoms with Gasteiger partial charge in [-0.2, -0.15) is 0 Å². The highest BCUT2D eigenvalue weighted by Gasteiger charge is 2.21. The molecule has 6 nitrogen and oxygen atoms in total. The number of rotatable bonds is 3. The van der Waals surface area contributed by atoms with Gasteiger partial charge in [-0.05, 0) is 6.08 Å². The van der Waals surface area contributed by atoms with Gasteiger partial charge in [0.2, 0.25) is 0 Å². The third-order valence-corrected chi connectivity index (χ3v) is 2.95. The zero-order valence-electron chi connectivity index (χ0n) is 9.30. The van der Waals surface area contributed by atoms with Crippen LogP contribution in [0.5, 0.6) is 0 Å². The van der Waals surface area contributed by atoms with Gasteiger partial charge < -0.3 is 9.84 Å². The molecule has 0 bridgehead atoms. The molecule has 0 saturated carbocycles. The van der Waals surface area contributed by atoms with Crippen molar-refractivity contribution in [1.82, 2.24) is 9.55 Å². The number of aromatic nitrogens is 2. The molecule has 0 amide bonds. The van der Waals surface area contributed by atoms with E-state index < -0.39 is 23.6 Å². The summed E-state index contributed by atoms with van der Waals surface area (Å²) in [7, 11) is 0. The van der Waals surface area contributed by atoms with E-state index in [0.717, 1.165) is 0 Å². The second kappa shape index (κ2) is 5.05. The highest BCUT2D eigenvalue weighted by atomic mass is 79.9. The number of aromatic amines is 1. The Labute approximate surface area is 110 Å². The Morgan fingerprint density at radius 3 is 2.83 bits per heavy atom. The van der Waals surface area contributed by atoms with Crippen molar-refractivity contribution in [3.8, 4) is 0 Å². The molecule has 0 spiro atoms. The fraction of sp³-hybridized carbons (Fsp3) is 0.273. The maximum Gasteiger partial charge on any atom is 0.330 e. The molecule has 1 aromatic rings. The first-order chi connectivity index (χ1) is 8.52. The van der Waals surface area contributed by atoms with Crippen LogP contribution in [0.3, 0.4) is 0 Å². The fourth-order valence-corrected chi connectivity index (χ4v) is 1.90. The maximum atomic E-state index is 11.7. The van der Waals surface area contributed by atoms with E-state index in [4.69, 9.17) is 9.84 Å². The van der Waals surface area contributed by atoms with Crippen LogP contribution in [0.25, 0.3) is 4.48 Å². The Morgan fingerprint density at radius 2 is 2.28 bits per heavy atom. The van der Waals surface area contributed by atoms with Crippen LogP contribution in [0.4, 0.5) is 0 Å². The minimum atomic E-state index is -0.642. The number of H-pyrrole nitrogens is 1. The van der Waals surface area contributed by atoms with Crippen LogP contribution in [-0.2, 0) is 4.74 Å². The van der Waals surface area contributed by atoms with Gasteiger partial charge in [0.05, 0.1) is 12.2 Å².